The Morgan fingerprint density at radius 1 is 1.11 bits per heavy atom. The lowest BCUT2D eigenvalue weighted by Crippen LogP contribution is -2.39. The highest BCUT2D eigenvalue weighted by Crippen LogP contribution is 2.20. The van der Waals surface area contributed by atoms with E-state index in [0.29, 0.717) is 5.56 Å². The van der Waals surface area contributed by atoms with Gasteiger partial charge in [0.2, 0.25) is 0 Å². The predicted molar refractivity (Wildman–Crippen MR) is 113 cm³/mol. The summed E-state index contributed by atoms with van der Waals surface area (Å²) in [6, 6.07) is 16.3. The fraction of sp³-hybridized carbons (Fsp3) is 0.105. The van der Waals surface area contributed by atoms with Crippen LogP contribution in [0.15, 0.2) is 64.2 Å². The Hall–Kier alpha value is -2.88. The van der Waals surface area contributed by atoms with Crippen LogP contribution >= 0.6 is 22.6 Å². The summed E-state index contributed by atoms with van der Waals surface area (Å²) < 4.78 is 1.99. The molecule has 8 heteroatoms. The van der Waals surface area contributed by atoms with Gasteiger partial charge in [0.25, 0.3) is 11.5 Å². The summed E-state index contributed by atoms with van der Waals surface area (Å²) in [5.41, 5.74) is 6.03. The molecular weight excluding hydrogens is 459 g/mol. The second kappa shape index (κ2) is 7.78. The Labute approximate surface area is 168 Å². The Kier molecular flexibility index (Phi) is 5.45. The van der Waals surface area contributed by atoms with Crippen molar-refractivity contribution < 1.29 is 4.79 Å². The fourth-order valence-corrected chi connectivity index (χ4v) is 3.36. The first-order valence-corrected chi connectivity index (χ1v) is 9.17. The van der Waals surface area contributed by atoms with Gasteiger partial charge in [-0.05, 0) is 40.3 Å². The van der Waals surface area contributed by atoms with Crippen molar-refractivity contribution in [1.82, 2.24) is 9.55 Å². The van der Waals surface area contributed by atoms with Gasteiger partial charge in [-0.3, -0.25) is 19.1 Å². The lowest BCUT2D eigenvalue weighted by molar-refractivity contribution is 0.0992. The smallest absolute Gasteiger partial charge is 0.330 e. The second-order valence-corrected chi connectivity index (χ2v) is 7.07. The van der Waals surface area contributed by atoms with Crippen molar-refractivity contribution in [1.29, 1.82) is 0 Å². The number of aromatic nitrogens is 2. The van der Waals surface area contributed by atoms with E-state index < -0.39 is 11.2 Å². The molecule has 27 heavy (non-hydrogen) atoms. The largest absolute Gasteiger partial charge is 0.383 e. The summed E-state index contributed by atoms with van der Waals surface area (Å²) in [7, 11) is 1.46. The number of hydrogen-bond acceptors (Lipinski definition) is 4. The number of carbonyl (C=O) groups excluding carboxylic acids is 1. The van der Waals surface area contributed by atoms with Gasteiger partial charge in [0.05, 0.1) is 12.1 Å². The first-order valence-electron chi connectivity index (χ1n) is 8.09. The Morgan fingerprint density at radius 3 is 2.41 bits per heavy atom. The van der Waals surface area contributed by atoms with E-state index in [1.165, 1.54) is 16.5 Å². The number of nitrogens with one attached hydrogen (secondary N) is 1. The molecule has 0 unspecified atom stereocenters. The first kappa shape index (κ1) is 18.9. The molecule has 3 N–H and O–H groups in total. The average Bonchev–Trinajstić information content (AvgIpc) is 2.65. The number of anilines is 2. The predicted octanol–water partition coefficient (Wildman–Crippen LogP) is 2.05. The zero-order valence-electron chi connectivity index (χ0n) is 14.5. The number of nitrogens with two attached hydrogens (primary N) is 1. The number of amides is 1. The van der Waals surface area contributed by atoms with Crippen molar-refractivity contribution in [3.05, 3.63) is 90.1 Å². The van der Waals surface area contributed by atoms with Gasteiger partial charge in [-0.1, -0.05) is 42.5 Å². The van der Waals surface area contributed by atoms with E-state index in [0.717, 1.165) is 9.13 Å². The van der Waals surface area contributed by atoms with Crippen molar-refractivity contribution in [2.75, 3.05) is 17.7 Å². The summed E-state index contributed by atoms with van der Waals surface area (Å²) in [5.74, 6) is -0.448. The summed E-state index contributed by atoms with van der Waals surface area (Å²) in [6.07, 6.45) is 0. The van der Waals surface area contributed by atoms with E-state index in [-0.39, 0.29) is 24.0 Å². The maximum Gasteiger partial charge on any atom is 0.330 e. The minimum Gasteiger partial charge on any atom is -0.383 e. The van der Waals surface area contributed by atoms with Crippen molar-refractivity contribution in [2.24, 2.45) is 0 Å². The van der Waals surface area contributed by atoms with Crippen LogP contribution in [0.4, 0.5) is 11.5 Å². The van der Waals surface area contributed by atoms with Crippen LogP contribution in [0.1, 0.15) is 15.9 Å². The van der Waals surface area contributed by atoms with Crippen molar-refractivity contribution >= 4 is 40.0 Å². The highest BCUT2D eigenvalue weighted by atomic mass is 127. The molecule has 0 aliphatic heterocycles. The summed E-state index contributed by atoms with van der Waals surface area (Å²) >= 11 is 2.05. The van der Waals surface area contributed by atoms with E-state index in [9.17, 15) is 14.4 Å². The number of rotatable bonds is 4. The van der Waals surface area contributed by atoms with E-state index in [4.69, 9.17) is 5.73 Å². The third-order valence-corrected chi connectivity index (χ3v) is 5.08. The molecule has 0 aliphatic carbocycles. The number of hydrogen-bond donors (Lipinski definition) is 2. The van der Waals surface area contributed by atoms with Crippen LogP contribution in [0.25, 0.3) is 0 Å². The van der Waals surface area contributed by atoms with E-state index in [2.05, 4.69) is 27.6 Å². The first-order chi connectivity index (χ1) is 12.9. The number of aromatic amines is 1. The minimum absolute atomic E-state index is 0.0600. The summed E-state index contributed by atoms with van der Waals surface area (Å²) in [6.45, 7) is 0.181. The minimum atomic E-state index is -0.705. The standard InChI is InChI=1S/C19H17IN4O3/c1-23(18(26)13-9-5-6-10-14(13)20)15-16(21)24(19(27)22-17(15)25)11-12-7-3-2-4-8-12/h2-10H,11,21H2,1H3,(H,22,25,27). The summed E-state index contributed by atoms with van der Waals surface area (Å²) in [5, 5.41) is 0. The molecule has 0 spiro atoms. The van der Waals surface area contributed by atoms with Crippen LogP contribution in [-0.2, 0) is 6.54 Å². The van der Waals surface area contributed by atoms with Gasteiger partial charge in [-0.2, -0.15) is 0 Å². The van der Waals surface area contributed by atoms with Gasteiger partial charge in [0.1, 0.15) is 5.82 Å². The third-order valence-electron chi connectivity index (χ3n) is 4.14. The normalized spacial score (nSPS) is 10.6. The molecular formula is C19H17IN4O3. The molecule has 138 valence electrons. The maximum atomic E-state index is 12.9. The molecule has 0 saturated carbocycles. The SMILES string of the molecule is CN(C(=O)c1ccccc1I)c1c(N)n(Cc2ccccc2)c(=O)[nH]c1=O. The topological polar surface area (TPSA) is 101 Å². The van der Waals surface area contributed by atoms with Crippen molar-refractivity contribution in [2.45, 2.75) is 6.54 Å². The zero-order valence-corrected chi connectivity index (χ0v) is 16.6. The van der Waals surface area contributed by atoms with Crippen LogP contribution in [0.5, 0.6) is 0 Å². The monoisotopic (exact) mass is 476 g/mol. The average molecular weight is 476 g/mol. The quantitative estimate of drug-likeness (QED) is 0.563. The molecule has 0 bridgehead atoms. The molecule has 0 atom stereocenters. The zero-order chi connectivity index (χ0) is 19.6. The van der Waals surface area contributed by atoms with Crippen molar-refractivity contribution in [3.63, 3.8) is 0 Å². The molecule has 1 heterocycles. The lowest BCUT2D eigenvalue weighted by atomic mass is 10.2. The van der Waals surface area contributed by atoms with E-state index in [1.807, 2.05) is 36.4 Å². The fourth-order valence-electron chi connectivity index (χ4n) is 2.74. The van der Waals surface area contributed by atoms with Gasteiger partial charge in [-0.15, -0.1) is 0 Å². The number of nitrogens with zero attached hydrogens (tertiary/aromatic N) is 2. The summed E-state index contributed by atoms with van der Waals surface area (Å²) in [4.78, 5) is 40.9. The number of carbonyl (C=O) groups is 1. The highest BCUT2D eigenvalue weighted by molar-refractivity contribution is 14.1. The number of benzene rings is 2. The molecule has 2 aromatic carbocycles. The molecule has 3 aromatic rings. The maximum absolute atomic E-state index is 12.9. The van der Waals surface area contributed by atoms with Crippen LogP contribution in [0, 0.1) is 3.57 Å². The van der Waals surface area contributed by atoms with Crippen LogP contribution in [-0.4, -0.2) is 22.5 Å². The molecule has 0 fully saturated rings. The molecule has 0 aliphatic rings. The Bertz CT molecular complexity index is 1110. The molecule has 0 radical (unpaired) electrons. The Balaban J connectivity index is 2.06. The third kappa shape index (κ3) is 3.80. The molecule has 1 amide bonds. The van der Waals surface area contributed by atoms with Gasteiger partial charge in [0.15, 0.2) is 5.69 Å². The number of nitrogen functional groups attached to an aromatic ring is 1. The number of halogens is 1. The van der Waals surface area contributed by atoms with Gasteiger partial charge < -0.3 is 10.6 Å². The van der Waals surface area contributed by atoms with Crippen LogP contribution < -0.4 is 21.9 Å². The van der Waals surface area contributed by atoms with Crippen LogP contribution in [0.3, 0.4) is 0 Å². The highest BCUT2D eigenvalue weighted by Gasteiger charge is 2.23. The number of H-pyrrole nitrogens is 1. The van der Waals surface area contributed by atoms with E-state index >= 15 is 0 Å². The van der Waals surface area contributed by atoms with Crippen LogP contribution in [0.2, 0.25) is 0 Å². The molecule has 3 rings (SSSR count). The van der Waals surface area contributed by atoms with E-state index in [1.54, 1.807) is 18.2 Å². The van der Waals surface area contributed by atoms with Gasteiger partial charge in [-0.25, -0.2) is 4.79 Å². The molecule has 0 saturated heterocycles. The Morgan fingerprint density at radius 2 is 1.74 bits per heavy atom. The second-order valence-electron chi connectivity index (χ2n) is 5.91. The van der Waals surface area contributed by atoms with Crippen molar-refractivity contribution in [3.8, 4) is 0 Å². The van der Waals surface area contributed by atoms with Gasteiger partial charge >= 0.3 is 5.69 Å². The van der Waals surface area contributed by atoms with Gasteiger partial charge in [0, 0.05) is 10.6 Å². The lowest BCUT2D eigenvalue weighted by Gasteiger charge is -2.21. The molecule has 1 aromatic heterocycles. The molecule has 7 nitrogen and oxygen atoms in total.